The number of hydrogen-bond acceptors (Lipinski definition) is 3. The Labute approximate surface area is 112 Å². The van der Waals surface area contributed by atoms with E-state index in [0.717, 1.165) is 36.8 Å². The van der Waals surface area contributed by atoms with E-state index in [4.69, 9.17) is 4.74 Å². The van der Waals surface area contributed by atoms with Crippen molar-refractivity contribution in [2.75, 3.05) is 6.61 Å². The molecule has 1 atom stereocenters. The Morgan fingerprint density at radius 3 is 3.00 bits per heavy atom. The first-order valence-corrected chi connectivity index (χ1v) is 6.83. The number of ketones is 1. The first kappa shape index (κ1) is 12.3. The van der Waals surface area contributed by atoms with Gasteiger partial charge in [0, 0.05) is 18.4 Å². The van der Waals surface area contributed by atoms with E-state index in [1.807, 2.05) is 36.4 Å². The lowest BCUT2D eigenvalue weighted by molar-refractivity contribution is 0.0856. The van der Waals surface area contributed by atoms with Gasteiger partial charge >= 0.3 is 0 Å². The highest BCUT2D eigenvalue weighted by Gasteiger charge is 2.17. The molecule has 98 valence electrons. The van der Waals surface area contributed by atoms with Crippen LogP contribution in [-0.4, -0.2) is 23.5 Å². The Morgan fingerprint density at radius 2 is 2.16 bits per heavy atom. The van der Waals surface area contributed by atoms with Crippen LogP contribution in [0.15, 0.2) is 36.4 Å². The predicted octanol–water partition coefficient (Wildman–Crippen LogP) is 3.38. The molecule has 2 heterocycles. The second-order valence-corrected chi connectivity index (χ2v) is 4.99. The molecule has 0 spiro atoms. The van der Waals surface area contributed by atoms with Crippen molar-refractivity contribution in [3.63, 3.8) is 0 Å². The molecule has 19 heavy (non-hydrogen) atoms. The lowest BCUT2D eigenvalue weighted by Gasteiger charge is -2.08. The van der Waals surface area contributed by atoms with E-state index >= 15 is 0 Å². The summed E-state index contributed by atoms with van der Waals surface area (Å²) in [5.41, 5.74) is 1.45. The van der Waals surface area contributed by atoms with Gasteiger partial charge in [-0.3, -0.25) is 4.79 Å². The van der Waals surface area contributed by atoms with Gasteiger partial charge in [-0.2, -0.15) is 0 Å². The first-order valence-electron chi connectivity index (χ1n) is 6.83. The highest BCUT2D eigenvalue weighted by Crippen LogP contribution is 2.19. The van der Waals surface area contributed by atoms with E-state index < -0.39 is 0 Å². The quantitative estimate of drug-likeness (QED) is 0.786. The number of rotatable bonds is 4. The lowest BCUT2D eigenvalue weighted by atomic mass is 10.1. The molecule has 1 fully saturated rings. The molecule has 2 aromatic rings. The third-order valence-corrected chi connectivity index (χ3v) is 3.60. The Bertz CT molecular complexity index is 588. The van der Waals surface area contributed by atoms with Crippen molar-refractivity contribution in [1.82, 2.24) is 4.98 Å². The van der Waals surface area contributed by atoms with Crippen molar-refractivity contribution < 1.29 is 9.53 Å². The molecule has 0 N–H and O–H groups in total. The van der Waals surface area contributed by atoms with Crippen LogP contribution >= 0.6 is 0 Å². The van der Waals surface area contributed by atoms with E-state index in [2.05, 4.69) is 4.98 Å². The smallest absolute Gasteiger partial charge is 0.181 e. The van der Waals surface area contributed by atoms with Crippen LogP contribution in [-0.2, 0) is 4.74 Å². The van der Waals surface area contributed by atoms with E-state index in [1.54, 1.807) is 0 Å². The van der Waals surface area contributed by atoms with Crippen molar-refractivity contribution in [2.45, 2.75) is 31.8 Å². The number of pyridine rings is 1. The lowest BCUT2D eigenvalue weighted by Crippen LogP contribution is -2.09. The molecule has 0 saturated carbocycles. The molecule has 1 unspecified atom stereocenters. The molecule has 0 aliphatic carbocycles. The number of carbonyl (C=O) groups is 1. The number of benzene rings is 1. The zero-order valence-corrected chi connectivity index (χ0v) is 10.8. The second-order valence-electron chi connectivity index (χ2n) is 4.99. The van der Waals surface area contributed by atoms with E-state index in [9.17, 15) is 4.79 Å². The average Bonchev–Trinajstić information content (AvgIpc) is 2.97. The highest BCUT2D eigenvalue weighted by molar-refractivity contribution is 5.96. The van der Waals surface area contributed by atoms with Crippen molar-refractivity contribution in [1.29, 1.82) is 0 Å². The van der Waals surface area contributed by atoms with Crippen molar-refractivity contribution in [3.8, 4) is 0 Å². The van der Waals surface area contributed by atoms with Gasteiger partial charge in [0.15, 0.2) is 5.78 Å². The van der Waals surface area contributed by atoms with Crippen LogP contribution in [0.25, 0.3) is 10.9 Å². The van der Waals surface area contributed by atoms with Crippen molar-refractivity contribution >= 4 is 16.7 Å². The maximum atomic E-state index is 12.1. The van der Waals surface area contributed by atoms with Crippen LogP contribution in [0, 0.1) is 0 Å². The van der Waals surface area contributed by atoms with E-state index in [-0.39, 0.29) is 11.9 Å². The van der Waals surface area contributed by atoms with Crippen LogP contribution in [0.3, 0.4) is 0 Å². The van der Waals surface area contributed by atoms with Crippen molar-refractivity contribution in [2.24, 2.45) is 0 Å². The predicted molar refractivity (Wildman–Crippen MR) is 74.3 cm³/mol. The SMILES string of the molecule is O=C(CCC1CCCO1)c1ccc2ccccc2n1. The van der Waals surface area contributed by atoms with Crippen LogP contribution in [0.5, 0.6) is 0 Å². The minimum Gasteiger partial charge on any atom is -0.378 e. The first-order chi connectivity index (χ1) is 9.33. The fourth-order valence-corrected chi connectivity index (χ4v) is 2.51. The molecule has 1 aliphatic rings. The summed E-state index contributed by atoms with van der Waals surface area (Å²) in [6, 6.07) is 11.6. The summed E-state index contributed by atoms with van der Waals surface area (Å²) in [5.74, 6) is 0.112. The summed E-state index contributed by atoms with van der Waals surface area (Å²) in [6.45, 7) is 0.840. The van der Waals surface area contributed by atoms with Crippen LogP contribution in [0.4, 0.5) is 0 Å². The number of para-hydroxylation sites is 1. The Morgan fingerprint density at radius 1 is 1.26 bits per heavy atom. The Kier molecular flexibility index (Phi) is 3.56. The third kappa shape index (κ3) is 2.82. The molecule has 0 radical (unpaired) electrons. The maximum absolute atomic E-state index is 12.1. The van der Waals surface area contributed by atoms with Gasteiger partial charge in [0.2, 0.25) is 0 Å². The molecule has 1 aromatic carbocycles. The summed E-state index contributed by atoms with van der Waals surface area (Å²) >= 11 is 0. The Balaban J connectivity index is 1.70. The zero-order valence-electron chi connectivity index (χ0n) is 10.8. The maximum Gasteiger partial charge on any atom is 0.181 e. The average molecular weight is 255 g/mol. The molecule has 3 heteroatoms. The summed E-state index contributed by atoms with van der Waals surface area (Å²) in [6.07, 6.45) is 3.80. The van der Waals surface area contributed by atoms with E-state index in [0.29, 0.717) is 12.1 Å². The van der Waals surface area contributed by atoms with Gasteiger partial charge < -0.3 is 4.74 Å². The fourth-order valence-electron chi connectivity index (χ4n) is 2.51. The summed E-state index contributed by atoms with van der Waals surface area (Å²) in [4.78, 5) is 16.6. The molecule has 1 aliphatic heterocycles. The molecular formula is C16H17NO2. The van der Waals surface area contributed by atoms with Crippen LogP contribution in [0.1, 0.15) is 36.2 Å². The van der Waals surface area contributed by atoms with Gasteiger partial charge in [0.25, 0.3) is 0 Å². The number of aromatic nitrogens is 1. The molecule has 0 amide bonds. The minimum absolute atomic E-state index is 0.112. The number of carbonyl (C=O) groups excluding carboxylic acids is 1. The highest BCUT2D eigenvalue weighted by atomic mass is 16.5. The van der Waals surface area contributed by atoms with Gasteiger partial charge in [-0.25, -0.2) is 4.98 Å². The van der Waals surface area contributed by atoms with Gasteiger partial charge in [-0.05, 0) is 31.4 Å². The summed E-state index contributed by atoms with van der Waals surface area (Å²) in [7, 11) is 0. The van der Waals surface area contributed by atoms with Gasteiger partial charge in [0.05, 0.1) is 11.6 Å². The monoisotopic (exact) mass is 255 g/mol. The molecule has 1 aromatic heterocycles. The standard InChI is InChI=1S/C16H17NO2/c18-16(10-8-13-5-3-11-19-13)15-9-7-12-4-1-2-6-14(12)17-15/h1-2,4,6-7,9,13H,3,5,8,10-11H2. The molecule has 0 bridgehead atoms. The summed E-state index contributed by atoms with van der Waals surface area (Å²) in [5, 5.41) is 1.07. The van der Waals surface area contributed by atoms with Crippen molar-refractivity contribution in [3.05, 3.63) is 42.1 Å². The molecular weight excluding hydrogens is 238 g/mol. The number of hydrogen-bond donors (Lipinski definition) is 0. The number of fused-ring (bicyclic) bond motifs is 1. The molecule has 3 nitrogen and oxygen atoms in total. The van der Waals surface area contributed by atoms with Crippen LogP contribution in [0.2, 0.25) is 0 Å². The normalized spacial score (nSPS) is 18.8. The summed E-state index contributed by atoms with van der Waals surface area (Å²) < 4.78 is 5.54. The Hall–Kier alpha value is -1.74. The largest absolute Gasteiger partial charge is 0.378 e. The van der Waals surface area contributed by atoms with Gasteiger partial charge in [0.1, 0.15) is 5.69 Å². The van der Waals surface area contributed by atoms with Crippen LogP contribution < -0.4 is 0 Å². The third-order valence-electron chi connectivity index (χ3n) is 3.60. The fraction of sp³-hybridized carbons (Fsp3) is 0.375. The molecule has 1 saturated heterocycles. The number of nitrogens with zero attached hydrogens (tertiary/aromatic N) is 1. The topological polar surface area (TPSA) is 39.2 Å². The zero-order chi connectivity index (χ0) is 13.1. The molecule has 3 rings (SSSR count). The second kappa shape index (κ2) is 5.49. The number of Topliss-reactive ketones (excluding diaryl/α,β-unsaturated/α-hetero) is 1. The van der Waals surface area contributed by atoms with E-state index in [1.165, 1.54) is 0 Å². The number of ether oxygens (including phenoxy) is 1. The minimum atomic E-state index is 0.112. The van der Waals surface area contributed by atoms with Gasteiger partial charge in [-0.1, -0.05) is 24.3 Å². The van der Waals surface area contributed by atoms with Gasteiger partial charge in [-0.15, -0.1) is 0 Å².